The van der Waals surface area contributed by atoms with E-state index in [4.69, 9.17) is 4.74 Å². The Hall–Kier alpha value is -1.29. The van der Waals surface area contributed by atoms with Gasteiger partial charge in [-0.05, 0) is 31.5 Å². The van der Waals surface area contributed by atoms with Crippen LogP contribution in [0.2, 0.25) is 0 Å². The first-order valence-corrected chi connectivity index (χ1v) is 6.31. The third-order valence-corrected chi connectivity index (χ3v) is 3.37. The summed E-state index contributed by atoms with van der Waals surface area (Å²) in [5.41, 5.74) is 0. The fourth-order valence-corrected chi connectivity index (χ4v) is 2.25. The van der Waals surface area contributed by atoms with Crippen LogP contribution < -0.4 is 10.1 Å². The van der Waals surface area contributed by atoms with Crippen molar-refractivity contribution in [1.29, 1.82) is 0 Å². The lowest BCUT2D eigenvalue weighted by Gasteiger charge is -2.31. The second-order valence-electron chi connectivity index (χ2n) is 4.41. The maximum absolute atomic E-state index is 5.29. The number of piperidine rings is 1. The van der Waals surface area contributed by atoms with E-state index in [1.807, 2.05) is 12.1 Å². The van der Waals surface area contributed by atoms with Gasteiger partial charge in [-0.2, -0.15) is 0 Å². The van der Waals surface area contributed by atoms with Crippen molar-refractivity contribution < 1.29 is 4.74 Å². The molecule has 2 heterocycles. The van der Waals surface area contributed by atoms with Crippen LogP contribution in [0.5, 0.6) is 5.75 Å². The van der Waals surface area contributed by atoms with E-state index in [0.29, 0.717) is 6.04 Å². The molecule has 1 aromatic rings. The molecule has 4 heteroatoms. The minimum Gasteiger partial charge on any atom is -0.493 e. The molecule has 4 nitrogen and oxygen atoms in total. The standard InChI is InChI=1S/C13H21N3O/c1-3-16-9-6-11(7-10-16)15-13-12(17-2)5-4-8-14-13/h4-5,8,11H,3,6-7,9-10H2,1-2H3,(H,14,15). The van der Waals surface area contributed by atoms with Gasteiger partial charge < -0.3 is 15.0 Å². The topological polar surface area (TPSA) is 37.4 Å². The summed E-state index contributed by atoms with van der Waals surface area (Å²) in [5.74, 6) is 1.69. The van der Waals surface area contributed by atoms with E-state index < -0.39 is 0 Å². The minimum atomic E-state index is 0.515. The van der Waals surface area contributed by atoms with Crippen LogP contribution in [0.25, 0.3) is 0 Å². The lowest BCUT2D eigenvalue weighted by atomic mass is 10.1. The Balaban J connectivity index is 1.93. The molecular weight excluding hydrogens is 214 g/mol. The Morgan fingerprint density at radius 1 is 1.47 bits per heavy atom. The van der Waals surface area contributed by atoms with Gasteiger partial charge in [0.2, 0.25) is 0 Å². The lowest BCUT2D eigenvalue weighted by Crippen LogP contribution is -2.39. The fourth-order valence-electron chi connectivity index (χ4n) is 2.25. The zero-order valence-corrected chi connectivity index (χ0v) is 10.6. The van der Waals surface area contributed by atoms with E-state index >= 15 is 0 Å². The molecule has 0 aromatic carbocycles. The van der Waals surface area contributed by atoms with Gasteiger partial charge >= 0.3 is 0 Å². The van der Waals surface area contributed by atoms with Crippen molar-refractivity contribution >= 4 is 5.82 Å². The van der Waals surface area contributed by atoms with Gasteiger partial charge in [0.15, 0.2) is 11.6 Å². The molecule has 17 heavy (non-hydrogen) atoms. The van der Waals surface area contributed by atoms with E-state index in [2.05, 4.69) is 22.1 Å². The van der Waals surface area contributed by atoms with Crippen molar-refractivity contribution in [2.45, 2.75) is 25.8 Å². The summed E-state index contributed by atoms with van der Waals surface area (Å²) in [4.78, 5) is 6.81. The van der Waals surface area contributed by atoms with Crippen molar-refractivity contribution in [3.63, 3.8) is 0 Å². The number of nitrogens with one attached hydrogen (secondary N) is 1. The first-order chi connectivity index (χ1) is 8.33. The van der Waals surface area contributed by atoms with Crippen LogP contribution in [0.4, 0.5) is 5.82 Å². The Labute approximate surface area is 103 Å². The molecule has 0 aliphatic carbocycles. The largest absolute Gasteiger partial charge is 0.493 e. The number of nitrogens with zero attached hydrogens (tertiary/aromatic N) is 2. The number of anilines is 1. The van der Waals surface area contributed by atoms with Gasteiger partial charge in [0.05, 0.1) is 7.11 Å². The highest BCUT2D eigenvalue weighted by Crippen LogP contribution is 2.23. The Morgan fingerprint density at radius 2 is 2.24 bits per heavy atom. The SMILES string of the molecule is CCN1CCC(Nc2ncccc2OC)CC1. The van der Waals surface area contributed by atoms with E-state index in [9.17, 15) is 0 Å². The molecule has 1 aliphatic rings. The molecule has 1 fully saturated rings. The predicted octanol–water partition coefficient (Wildman–Crippen LogP) is 1.99. The lowest BCUT2D eigenvalue weighted by molar-refractivity contribution is 0.229. The second-order valence-corrected chi connectivity index (χ2v) is 4.41. The van der Waals surface area contributed by atoms with Crippen molar-refractivity contribution in [3.05, 3.63) is 18.3 Å². The molecule has 2 rings (SSSR count). The molecule has 0 bridgehead atoms. The van der Waals surface area contributed by atoms with E-state index in [-0.39, 0.29) is 0 Å². The van der Waals surface area contributed by atoms with Crippen LogP contribution in [0, 0.1) is 0 Å². The first kappa shape index (κ1) is 12.2. The van der Waals surface area contributed by atoms with Crippen LogP contribution >= 0.6 is 0 Å². The minimum absolute atomic E-state index is 0.515. The van der Waals surface area contributed by atoms with Crippen molar-refractivity contribution in [3.8, 4) is 5.75 Å². The summed E-state index contributed by atoms with van der Waals surface area (Å²) >= 11 is 0. The van der Waals surface area contributed by atoms with Gasteiger partial charge in [0.1, 0.15) is 0 Å². The predicted molar refractivity (Wildman–Crippen MR) is 69.5 cm³/mol. The molecule has 1 saturated heterocycles. The molecule has 1 N–H and O–H groups in total. The Kier molecular flexibility index (Phi) is 4.20. The summed E-state index contributed by atoms with van der Waals surface area (Å²) in [7, 11) is 1.68. The molecule has 1 aliphatic heterocycles. The number of rotatable bonds is 4. The van der Waals surface area contributed by atoms with Gasteiger partial charge in [0.25, 0.3) is 0 Å². The van der Waals surface area contributed by atoms with E-state index in [0.717, 1.165) is 18.1 Å². The smallest absolute Gasteiger partial charge is 0.168 e. The van der Waals surface area contributed by atoms with Crippen LogP contribution in [-0.2, 0) is 0 Å². The molecular formula is C13H21N3O. The quantitative estimate of drug-likeness (QED) is 0.866. The number of ether oxygens (including phenoxy) is 1. The summed E-state index contributed by atoms with van der Waals surface area (Å²) in [5, 5.41) is 3.48. The zero-order valence-electron chi connectivity index (χ0n) is 10.6. The zero-order chi connectivity index (χ0) is 12.1. The molecule has 0 amide bonds. The highest BCUT2D eigenvalue weighted by atomic mass is 16.5. The van der Waals surface area contributed by atoms with E-state index in [1.165, 1.54) is 25.9 Å². The Morgan fingerprint density at radius 3 is 2.88 bits per heavy atom. The van der Waals surface area contributed by atoms with Crippen LogP contribution in [0.3, 0.4) is 0 Å². The summed E-state index contributed by atoms with van der Waals surface area (Å²) in [6.07, 6.45) is 4.15. The average molecular weight is 235 g/mol. The maximum Gasteiger partial charge on any atom is 0.168 e. The van der Waals surface area contributed by atoms with Gasteiger partial charge in [0, 0.05) is 25.3 Å². The Bertz CT molecular complexity index is 348. The highest BCUT2D eigenvalue weighted by Gasteiger charge is 2.19. The molecule has 94 valence electrons. The number of methoxy groups -OCH3 is 1. The molecule has 0 spiro atoms. The third-order valence-electron chi connectivity index (χ3n) is 3.37. The maximum atomic E-state index is 5.29. The number of hydrogen-bond acceptors (Lipinski definition) is 4. The molecule has 0 radical (unpaired) electrons. The normalized spacial score (nSPS) is 18.0. The number of pyridine rings is 1. The van der Waals surface area contributed by atoms with E-state index in [1.54, 1.807) is 13.3 Å². The molecule has 1 aromatic heterocycles. The molecule has 0 atom stereocenters. The van der Waals surface area contributed by atoms with Crippen LogP contribution in [-0.4, -0.2) is 42.7 Å². The summed E-state index contributed by atoms with van der Waals surface area (Å²) < 4.78 is 5.29. The number of likely N-dealkylation sites (tertiary alicyclic amines) is 1. The first-order valence-electron chi connectivity index (χ1n) is 6.31. The van der Waals surface area contributed by atoms with Crippen molar-refractivity contribution in [2.75, 3.05) is 32.1 Å². The second kappa shape index (κ2) is 5.87. The monoisotopic (exact) mass is 235 g/mol. The molecule has 0 unspecified atom stereocenters. The fraction of sp³-hybridized carbons (Fsp3) is 0.615. The van der Waals surface area contributed by atoms with Gasteiger partial charge in [-0.1, -0.05) is 6.92 Å². The van der Waals surface area contributed by atoms with Gasteiger partial charge in [-0.25, -0.2) is 4.98 Å². The van der Waals surface area contributed by atoms with Gasteiger partial charge in [-0.15, -0.1) is 0 Å². The summed E-state index contributed by atoms with van der Waals surface area (Å²) in [6.45, 7) is 5.71. The number of hydrogen-bond donors (Lipinski definition) is 1. The number of aromatic nitrogens is 1. The van der Waals surface area contributed by atoms with Crippen molar-refractivity contribution in [2.24, 2.45) is 0 Å². The highest BCUT2D eigenvalue weighted by molar-refractivity contribution is 5.50. The van der Waals surface area contributed by atoms with Crippen LogP contribution in [0.15, 0.2) is 18.3 Å². The van der Waals surface area contributed by atoms with Crippen molar-refractivity contribution in [1.82, 2.24) is 9.88 Å². The summed E-state index contributed by atoms with van der Waals surface area (Å²) in [6, 6.07) is 4.35. The van der Waals surface area contributed by atoms with Gasteiger partial charge in [-0.3, -0.25) is 0 Å². The third kappa shape index (κ3) is 3.09. The van der Waals surface area contributed by atoms with Crippen LogP contribution in [0.1, 0.15) is 19.8 Å². The molecule has 0 saturated carbocycles. The average Bonchev–Trinajstić information content (AvgIpc) is 2.40.